The van der Waals surface area contributed by atoms with E-state index in [1.807, 2.05) is 56.3 Å². The van der Waals surface area contributed by atoms with Gasteiger partial charge < -0.3 is 10.2 Å². The van der Waals surface area contributed by atoms with Gasteiger partial charge in [-0.3, -0.25) is 9.59 Å². The first-order valence-electron chi connectivity index (χ1n) is 11.6. The monoisotopic (exact) mass is 430 g/mol. The number of nitrogens with one attached hydrogen (secondary N) is 1. The maximum atomic E-state index is 13.3. The van der Waals surface area contributed by atoms with Crippen molar-refractivity contribution in [3.05, 3.63) is 83.4 Å². The number of fused-ring (bicyclic) bond motifs is 1. The average Bonchev–Trinajstić information content (AvgIpc) is 2.81. The Morgan fingerprint density at radius 2 is 1.69 bits per heavy atom. The predicted molar refractivity (Wildman–Crippen MR) is 131 cm³/mol. The van der Waals surface area contributed by atoms with Gasteiger partial charge in [0.25, 0.3) is 0 Å². The Labute approximate surface area is 191 Å². The molecule has 0 radical (unpaired) electrons. The highest BCUT2D eigenvalue weighted by atomic mass is 16.2. The lowest BCUT2D eigenvalue weighted by atomic mass is 10.0. The molecule has 0 fully saturated rings. The van der Waals surface area contributed by atoms with Crippen LogP contribution in [0.25, 0.3) is 10.8 Å². The van der Waals surface area contributed by atoms with Crippen molar-refractivity contribution in [2.45, 2.75) is 59.0 Å². The summed E-state index contributed by atoms with van der Waals surface area (Å²) < 4.78 is 0. The summed E-state index contributed by atoms with van der Waals surface area (Å²) in [6.45, 7) is 7.03. The van der Waals surface area contributed by atoms with Gasteiger partial charge in [-0.05, 0) is 48.6 Å². The fraction of sp³-hybridized carbons (Fsp3) is 0.357. The first kappa shape index (κ1) is 23.5. The first-order valence-corrected chi connectivity index (χ1v) is 11.6. The van der Waals surface area contributed by atoms with Crippen molar-refractivity contribution in [1.82, 2.24) is 10.2 Å². The summed E-state index contributed by atoms with van der Waals surface area (Å²) in [5.74, 6) is -0.0966. The van der Waals surface area contributed by atoms with E-state index in [4.69, 9.17) is 0 Å². The molecule has 1 atom stereocenters. The van der Waals surface area contributed by atoms with Crippen LogP contribution in [0.15, 0.2) is 66.7 Å². The van der Waals surface area contributed by atoms with Crippen LogP contribution < -0.4 is 5.32 Å². The number of amides is 2. The van der Waals surface area contributed by atoms with Crippen LogP contribution in [-0.2, 0) is 22.6 Å². The molecule has 0 bridgehead atoms. The van der Waals surface area contributed by atoms with E-state index in [-0.39, 0.29) is 11.8 Å². The van der Waals surface area contributed by atoms with E-state index in [1.54, 1.807) is 4.90 Å². The van der Waals surface area contributed by atoms with Gasteiger partial charge in [-0.15, -0.1) is 0 Å². The second-order valence-electron chi connectivity index (χ2n) is 8.47. The van der Waals surface area contributed by atoms with Gasteiger partial charge in [0.15, 0.2) is 0 Å². The van der Waals surface area contributed by atoms with E-state index in [0.29, 0.717) is 25.9 Å². The SMILES string of the molecule is CCCCNC(=O)[C@@H](C)N(Cc1ccc(C)cc1)C(=O)CCc1cccc2ccccc12. The van der Waals surface area contributed by atoms with E-state index < -0.39 is 6.04 Å². The minimum absolute atomic E-state index is 0.00310. The molecule has 0 aliphatic carbocycles. The number of aryl methyl sites for hydroxylation is 2. The van der Waals surface area contributed by atoms with Crippen LogP contribution >= 0.6 is 0 Å². The van der Waals surface area contributed by atoms with E-state index in [2.05, 4.69) is 36.5 Å². The molecule has 0 aromatic heterocycles. The van der Waals surface area contributed by atoms with Crippen LogP contribution in [0.3, 0.4) is 0 Å². The van der Waals surface area contributed by atoms with E-state index >= 15 is 0 Å². The van der Waals surface area contributed by atoms with Gasteiger partial charge in [-0.2, -0.15) is 0 Å². The summed E-state index contributed by atoms with van der Waals surface area (Å²) in [5.41, 5.74) is 3.36. The molecule has 0 spiro atoms. The van der Waals surface area contributed by atoms with Crippen molar-refractivity contribution in [2.24, 2.45) is 0 Å². The number of unbranched alkanes of at least 4 members (excludes halogenated alkanes) is 1. The number of nitrogens with zero attached hydrogens (tertiary/aromatic N) is 1. The molecule has 4 heteroatoms. The minimum Gasteiger partial charge on any atom is -0.354 e. The lowest BCUT2D eigenvalue weighted by Gasteiger charge is -2.29. The number of hydrogen-bond acceptors (Lipinski definition) is 2. The van der Waals surface area contributed by atoms with Gasteiger partial charge in [0, 0.05) is 19.5 Å². The third-order valence-electron chi connectivity index (χ3n) is 5.96. The molecule has 168 valence electrons. The number of rotatable bonds is 10. The van der Waals surface area contributed by atoms with Crippen LogP contribution in [0.4, 0.5) is 0 Å². The molecule has 0 saturated heterocycles. The molecule has 2 amide bonds. The van der Waals surface area contributed by atoms with E-state index in [0.717, 1.165) is 24.0 Å². The molecule has 4 nitrogen and oxygen atoms in total. The molecule has 3 aromatic carbocycles. The number of carbonyl (C=O) groups is 2. The van der Waals surface area contributed by atoms with Crippen molar-refractivity contribution in [2.75, 3.05) is 6.54 Å². The van der Waals surface area contributed by atoms with Gasteiger partial charge in [0.05, 0.1) is 0 Å². The van der Waals surface area contributed by atoms with Gasteiger partial charge >= 0.3 is 0 Å². The third-order valence-corrected chi connectivity index (χ3v) is 5.96. The summed E-state index contributed by atoms with van der Waals surface area (Å²) in [5, 5.41) is 5.34. The summed E-state index contributed by atoms with van der Waals surface area (Å²) in [7, 11) is 0. The maximum absolute atomic E-state index is 13.3. The van der Waals surface area contributed by atoms with Crippen molar-refractivity contribution >= 4 is 22.6 Å². The lowest BCUT2D eigenvalue weighted by Crippen LogP contribution is -2.47. The fourth-order valence-corrected chi connectivity index (χ4v) is 3.90. The van der Waals surface area contributed by atoms with Crippen LogP contribution in [0, 0.1) is 6.92 Å². The van der Waals surface area contributed by atoms with Crippen LogP contribution in [0.2, 0.25) is 0 Å². The Morgan fingerprint density at radius 3 is 2.44 bits per heavy atom. The maximum Gasteiger partial charge on any atom is 0.242 e. The second kappa shape index (κ2) is 11.5. The van der Waals surface area contributed by atoms with E-state index in [1.165, 1.54) is 16.3 Å². The summed E-state index contributed by atoms with van der Waals surface area (Å²) >= 11 is 0. The highest BCUT2D eigenvalue weighted by Crippen LogP contribution is 2.21. The highest BCUT2D eigenvalue weighted by Gasteiger charge is 2.25. The van der Waals surface area contributed by atoms with Crippen molar-refractivity contribution in [3.8, 4) is 0 Å². The second-order valence-corrected chi connectivity index (χ2v) is 8.47. The number of carbonyl (C=O) groups excluding carboxylic acids is 2. The lowest BCUT2D eigenvalue weighted by molar-refractivity contribution is -0.140. The number of hydrogen-bond donors (Lipinski definition) is 1. The Hall–Kier alpha value is -3.14. The Kier molecular flexibility index (Phi) is 8.43. The van der Waals surface area contributed by atoms with Gasteiger partial charge in [0.2, 0.25) is 11.8 Å². The zero-order chi connectivity index (χ0) is 22.9. The molecule has 32 heavy (non-hydrogen) atoms. The standard InChI is InChI=1S/C28H34N2O2/c1-4-5-19-29-28(32)22(3)30(20-23-15-13-21(2)14-16-23)27(31)18-17-25-11-8-10-24-9-6-7-12-26(24)25/h6-16,22H,4-5,17-20H2,1-3H3,(H,29,32)/t22-/m1/s1. The Bertz CT molecular complexity index is 1040. The average molecular weight is 431 g/mol. The topological polar surface area (TPSA) is 49.4 Å². The predicted octanol–water partition coefficient (Wildman–Crippen LogP) is 5.41. The van der Waals surface area contributed by atoms with Crippen LogP contribution in [0.5, 0.6) is 0 Å². The molecule has 3 rings (SSSR count). The summed E-state index contributed by atoms with van der Waals surface area (Å²) in [6, 6.07) is 22.1. The number of benzene rings is 3. The van der Waals surface area contributed by atoms with Gasteiger partial charge in [-0.25, -0.2) is 0 Å². The van der Waals surface area contributed by atoms with Crippen LogP contribution in [-0.4, -0.2) is 29.3 Å². The van der Waals surface area contributed by atoms with Gasteiger partial charge in [-0.1, -0.05) is 85.6 Å². The zero-order valence-electron chi connectivity index (χ0n) is 19.4. The molecular formula is C28H34N2O2. The zero-order valence-corrected chi connectivity index (χ0v) is 19.4. The minimum atomic E-state index is -0.520. The Balaban J connectivity index is 1.75. The van der Waals surface area contributed by atoms with Crippen molar-refractivity contribution in [3.63, 3.8) is 0 Å². The Morgan fingerprint density at radius 1 is 0.969 bits per heavy atom. The fourth-order valence-electron chi connectivity index (χ4n) is 3.90. The largest absolute Gasteiger partial charge is 0.354 e. The first-order chi connectivity index (χ1) is 15.5. The molecular weight excluding hydrogens is 396 g/mol. The molecule has 0 saturated carbocycles. The highest BCUT2D eigenvalue weighted by molar-refractivity contribution is 5.88. The van der Waals surface area contributed by atoms with Crippen LogP contribution in [0.1, 0.15) is 49.8 Å². The molecule has 0 heterocycles. The molecule has 0 aliphatic rings. The smallest absolute Gasteiger partial charge is 0.242 e. The molecule has 0 aliphatic heterocycles. The normalized spacial score (nSPS) is 11.8. The van der Waals surface area contributed by atoms with E-state index in [9.17, 15) is 9.59 Å². The van der Waals surface area contributed by atoms with Crippen molar-refractivity contribution < 1.29 is 9.59 Å². The molecule has 3 aromatic rings. The van der Waals surface area contributed by atoms with Crippen molar-refractivity contribution in [1.29, 1.82) is 0 Å². The molecule has 0 unspecified atom stereocenters. The van der Waals surface area contributed by atoms with Gasteiger partial charge in [0.1, 0.15) is 6.04 Å². The quantitative estimate of drug-likeness (QED) is 0.437. The third kappa shape index (κ3) is 6.19. The summed E-state index contributed by atoms with van der Waals surface area (Å²) in [4.78, 5) is 27.8. The summed E-state index contributed by atoms with van der Waals surface area (Å²) in [6.07, 6.45) is 2.97. The molecule has 1 N–H and O–H groups in total.